The maximum absolute atomic E-state index is 13.9. The minimum atomic E-state index is -0.936. The molecular weight excluding hydrogens is 262 g/mol. The molecule has 0 radical (unpaired) electrons. The highest BCUT2D eigenvalue weighted by Gasteiger charge is 2.17. The zero-order chi connectivity index (χ0) is 14.7. The Hall–Kier alpha value is -2.74. The van der Waals surface area contributed by atoms with Crippen molar-refractivity contribution in [3.63, 3.8) is 0 Å². The van der Waals surface area contributed by atoms with E-state index < -0.39 is 17.2 Å². The number of ether oxygens (including phenoxy) is 1. The molecule has 0 atom stereocenters. The summed E-state index contributed by atoms with van der Waals surface area (Å²) in [5.41, 5.74) is -0.560. The molecule has 0 amide bonds. The molecule has 0 saturated heterocycles. The van der Waals surface area contributed by atoms with Crippen molar-refractivity contribution in [2.75, 3.05) is 7.11 Å². The molecule has 0 aromatic heterocycles. The topological polar surface area (TPSA) is 56.9 Å². The Kier molecular flexibility index (Phi) is 3.76. The van der Waals surface area contributed by atoms with E-state index in [-0.39, 0.29) is 11.3 Å². The second kappa shape index (κ2) is 5.49. The van der Waals surface area contributed by atoms with E-state index in [4.69, 9.17) is 15.4 Å². The first-order chi connectivity index (χ1) is 9.56. The SMILES string of the molecule is COc1cccc(C(=N)c2c(F)cc(C#N)cc2F)c1. The summed E-state index contributed by atoms with van der Waals surface area (Å²) in [4.78, 5) is 0. The lowest BCUT2D eigenvalue weighted by Crippen LogP contribution is -2.08. The summed E-state index contributed by atoms with van der Waals surface area (Å²) in [5.74, 6) is -1.38. The van der Waals surface area contributed by atoms with Crippen LogP contribution >= 0.6 is 0 Å². The van der Waals surface area contributed by atoms with Crippen molar-refractivity contribution in [3.8, 4) is 11.8 Å². The predicted octanol–water partition coefficient (Wildman–Crippen LogP) is 3.26. The molecule has 5 heteroatoms. The van der Waals surface area contributed by atoms with Gasteiger partial charge >= 0.3 is 0 Å². The monoisotopic (exact) mass is 272 g/mol. The number of hydrogen-bond acceptors (Lipinski definition) is 3. The Morgan fingerprint density at radius 3 is 2.40 bits per heavy atom. The van der Waals surface area contributed by atoms with Crippen molar-refractivity contribution < 1.29 is 13.5 Å². The number of nitrogens with one attached hydrogen (secondary N) is 1. The second-order valence-electron chi connectivity index (χ2n) is 4.03. The zero-order valence-electron chi connectivity index (χ0n) is 10.6. The molecule has 2 aromatic carbocycles. The molecule has 2 aromatic rings. The summed E-state index contributed by atoms with van der Waals surface area (Å²) in [6.45, 7) is 0. The van der Waals surface area contributed by atoms with Crippen LogP contribution in [-0.2, 0) is 0 Å². The second-order valence-corrected chi connectivity index (χ2v) is 4.03. The molecule has 0 aliphatic rings. The van der Waals surface area contributed by atoms with E-state index in [2.05, 4.69) is 0 Å². The smallest absolute Gasteiger partial charge is 0.136 e. The first-order valence-electron chi connectivity index (χ1n) is 5.69. The lowest BCUT2D eigenvalue weighted by Gasteiger charge is -2.09. The summed E-state index contributed by atoms with van der Waals surface area (Å²) in [7, 11) is 1.46. The minimum Gasteiger partial charge on any atom is -0.497 e. The average Bonchev–Trinajstić information content (AvgIpc) is 2.46. The highest BCUT2D eigenvalue weighted by atomic mass is 19.1. The third-order valence-corrected chi connectivity index (χ3v) is 2.78. The molecule has 0 aliphatic heterocycles. The molecule has 100 valence electrons. The van der Waals surface area contributed by atoms with Gasteiger partial charge in [-0.25, -0.2) is 8.78 Å². The summed E-state index contributed by atoms with van der Waals surface area (Å²) < 4.78 is 32.7. The van der Waals surface area contributed by atoms with Crippen LogP contribution in [0.3, 0.4) is 0 Å². The van der Waals surface area contributed by atoms with E-state index in [1.807, 2.05) is 0 Å². The van der Waals surface area contributed by atoms with E-state index in [0.717, 1.165) is 12.1 Å². The zero-order valence-corrected chi connectivity index (χ0v) is 10.6. The maximum Gasteiger partial charge on any atom is 0.136 e. The number of methoxy groups -OCH3 is 1. The number of hydrogen-bond donors (Lipinski definition) is 1. The largest absolute Gasteiger partial charge is 0.497 e. The molecule has 1 N–H and O–H groups in total. The molecule has 2 rings (SSSR count). The van der Waals surface area contributed by atoms with Gasteiger partial charge in [0.05, 0.1) is 30.0 Å². The van der Waals surface area contributed by atoms with Gasteiger partial charge < -0.3 is 4.74 Å². The maximum atomic E-state index is 13.9. The van der Waals surface area contributed by atoms with Crippen LogP contribution < -0.4 is 4.74 Å². The summed E-state index contributed by atoms with van der Waals surface area (Å²) in [6, 6.07) is 9.85. The standard InChI is InChI=1S/C15H10F2N2O/c1-20-11-4-2-3-10(7-11)15(19)14-12(16)5-9(8-18)6-13(14)17/h2-7,19H,1H3. The predicted molar refractivity (Wildman–Crippen MR) is 70.0 cm³/mol. The molecule has 0 spiro atoms. The van der Waals surface area contributed by atoms with Crippen molar-refractivity contribution in [1.29, 1.82) is 10.7 Å². The quantitative estimate of drug-likeness (QED) is 0.872. The van der Waals surface area contributed by atoms with E-state index in [9.17, 15) is 8.78 Å². The van der Waals surface area contributed by atoms with Gasteiger partial charge in [0.25, 0.3) is 0 Å². The lowest BCUT2D eigenvalue weighted by molar-refractivity contribution is 0.414. The number of nitrogens with zero attached hydrogens (tertiary/aromatic N) is 1. The van der Waals surface area contributed by atoms with Crippen LogP contribution in [0.2, 0.25) is 0 Å². The third kappa shape index (κ3) is 2.50. The van der Waals surface area contributed by atoms with Gasteiger partial charge in [-0.2, -0.15) is 5.26 Å². The van der Waals surface area contributed by atoms with Gasteiger partial charge in [-0.3, -0.25) is 5.41 Å². The Labute approximate surface area is 114 Å². The van der Waals surface area contributed by atoms with Crippen molar-refractivity contribution in [2.45, 2.75) is 0 Å². The van der Waals surface area contributed by atoms with Crippen LogP contribution in [0.4, 0.5) is 8.78 Å². The Morgan fingerprint density at radius 1 is 1.20 bits per heavy atom. The van der Waals surface area contributed by atoms with Gasteiger partial charge in [0.1, 0.15) is 17.4 Å². The first kappa shape index (κ1) is 13.7. The minimum absolute atomic E-state index is 0.123. The van der Waals surface area contributed by atoms with Crippen molar-refractivity contribution >= 4 is 5.71 Å². The lowest BCUT2D eigenvalue weighted by atomic mass is 10.00. The molecule has 3 nitrogen and oxygen atoms in total. The molecule has 0 unspecified atom stereocenters. The average molecular weight is 272 g/mol. The van der Waals surface area contributed by atoms with Crippen LogP contribution in [-0.4, -0.2) is 12.8 Å². The Bertz CT molecular complexity index is 697. The Morgan fingerprint density at radius 2 is 1.85 bits per heavy atom. The molecule has 0 fully saturated rings. The Balaban J connectivity index is 2.51. The molecule has 0 bridgehead atoms. The van der Waals surface area contributed by atoms with Gasteiger partial charge in [0.15, 0.2) is 0 Å². The van der Waals surface area contributed by atoms with Crippen molar-refractivity contribution in [3.05, 3.63) is 64.7 Å². The third-order valence-electron chi connectivity index (χ3n) is 2.78. The fourth-order valence-electron chi connectivity index (χ4n) is 1.80. The van der Waals surface area contributed by atoms with Crippen LogP contribution in [0.15, 0.2) is 36.4 Å². The summed E-state index contributed by atoms with van der Waals surface area (Å²) >= 11 is 0. The molecular formula is C15H10F2N2O. The van der Waals surface area contributed by atoms with Crippen molar-refractivity contribution in [2.24, 2.45) is 0 Å². The number of rotatable bonds is 3. The van der Waals surface area contributed by atoms with Crippen LogP contribution in [0.5, 0.6) is 5.75 Å². The number of benzene rings is 2. The number of halogens is 2. The molecule has 0 aliphatic carbocycles. The molecule has 0 saturated carbocycles. The van der Waals surface area contributed by atoms with Gasteiger partial charge in [-0.05, 0) is 24.3 Å². The van der Waals surface area contributed by atoms with E-state index in [1.165, 1.54) is 13.2 Å². The molecule has 0 heterocycles. The summed E-state index contributed by atoms with van der Waals surface area (Å²) in [6.07, 6.45) is 0. The van der Waals surface area contributed by atoms with E-state index >= 15 is 0 Å². The van der Waals surface area contributed by atoms with Gasteiger partial charge in [-0.1, -0.05) is 12.1 Å². The summed E-state index contributed by atoms with van der Waals surface area (Å²) in [5, 5.41) is 16.6. The van der Waals surface area contributed by atoms with Gasteiger partial charge in [0, 0.05) is 5.56 Å². The van der Waals surface area contributed by atoms with Crippen molar-refractivity contribution in [1.82, 2.24) is 0 Å². The van der Waals surface area contributed by atoms with Gasteiger partial charge in [-0.15, -0.1) is 0 Å². The van der Waals surface area contributed by atoms with E-state index in [1.54, 1.807) is 24.3 Å². The first-order valence-corrected chi connectivity index (χ1v) is 5.69. The highest BCUT2D eigenvalue weighted by Crippen LogP contribution is 2.21. The highest BCUT2D eigenvalue weighted by molar-refractivity contribution is 6.11. The fraction of sp³-hybridized carbons (Fsp3) is 0.0667. The van der Waals surface area contributed by atoms with Crippen LogP contribution in [0.25, 0.3) is 0 Å². The van der Waals surface area contributed by atoms with Crippen LogP contribution in [0, 0.1) is 28.4 Å². The normalized spacial score (nSPS) is 9.90. The number of nitriles is 1. The van der Waals surface area contributed by atoms with E-state index in [0.29, 0.717) is 11.3 Å². The fourth-order valence-corrected chi connectivity index (χ4v) is 1.80. The van der Waals surface area contributed by atoms with Gasteiger partial charge in [0.2, 0.25) is 0 Å². The molecule has 20 heavy (non-hydrogen) atoms. The van der Waals surface area contributed by atoms with Crippen LogP contribution in [0.1, 0.15) is 16.7 Å².